The van der Waals surface area contributed by atoms with Gasteiger partial charge in [0.05, 0.1) is 5.69 Å². The Morgan fingerprint density at radius 3 is 2.89 bits per heavy atom. The first kappa shape index (κ1) is 14.2. The Kier molecular flexibility index (Phi) is 5.08. The van der Waals surface area contributed by atoms with Gasteiger partial charge < -0.3 is 10.8 Å². The van der Waals surface area contributed by atoms with Gasteiger partial charge in [-0.3, -0.25) is 4.90 Å². The van der Waals surface area contributed by atoms with Crippen molar-refractivity contribution in [2.45, 2.75) is 45.6 Å². The summed E-state index contributed by atoms with van der Waals surface area (Å²) in [5.74, 6) is 1.10. The fourth-order valence-corrected chi connectivity index (χ4v) is 3.04. The van der Waals surface area contributed by atoms with E-state index in [1.807, 2.05) is 12.1 Å². The number of nitrogens with zero attached hydrogens (tertiary/aromatic N) is 1. The molecule has 3 N–H and O–H groups in total. The van der Waals surface area contributed by atoms with Gasteiger partial charge in [-0.1, -0.05) is 25.8 Å². The lowest BCUT2D eigenvalue weighted by molar-refractivity contribution is 0.271. The van der Waals surface area contributed by atoms with Crippen LogP contribution in [0.2, 0.25) is 0 Å². The largest absolute Gasteiger partial charge is 0.506 e. The maximum atomic E-state index is 9.45. The zero-order valence-electron chi connectivity index (χ0n) is 11.9. The molecule has 1 unspecified atom stereocenters. The van der Waals surface area contributed by atoms with Crippen LogP contribution in [-0.4, -0.2) is 23.1 Å². The number of hydrogen-bond donors (Lipinski definition) is 2. The molecule has 0 spiro atoms. The summed E-state index contributed by atoms with van der Waals surface area (Å²) in [5.41, 5.74) is 7.43. The fourth-order valence-electron chi connectivity index (χ4n) is 3.04. The number of likely N-dealkylation sites (tertiary alicyclic amines) is 1. The van der Waals surface area contributed by atoms with Gasteiger partial charge in [0.25, 0.3) is 0 Å². The fraction of sp³-hybridized carbons (Fsp3) is 0.625. The Bertz CT molecular complexity index is 406. The van der Waals surface area contributed by atoms with E-state index in [-0.39, 0.29) is 5.75 Å². The second-order valence-electron chi connectivity index (χ2n) is 5.75. The highest BCUT2D eigenvalue weighted by Gasteiger charge is 2.16. The van der Waals surface area contributed by atoms with Crippen molar-refractivity contribution < 1.29 is 5.11 Å². The quantitative estimate of drug-likeness (QED) is 0.646. The Morgan fingerprint density at radius 1 is 1.32 bits per heavy atom. The van der Waals surface area contributed by atoms with Crippen LogP contribution in [0.3, 0.4) is 0 Å². The molecule has 106 valence electrons. The molecule has 3 nitrogen and oxygen atoms in total. The number of anilines is 1. The normalized spacial score (nSPS) is 21.2. The molecular weight excluding hydrogens is 236 g/mol. The lowest BCUT2D eigenvalue weighted by Crippen LogP contribution is -2.24. The minimum Gasteiger partial charge on any atom is -0.506 e. The number of benzene rings is 1. The van der Waals surface area contributed by atoms with Crippen molar-refractivity contribution in [1.29, 1.82) is 0 Å². The van der Waals surface area contributed by atoms with Gasteiger partial charge in [-0.2, -0.15) is 0 Å². The second-order valence-corrected chi connectivity index (χ2v) is 5.75. The predicted molar refractivity (Wildman–Crippen MR) is 80.0 cm³/mol. The highest BCUT2D eigenvalue weighted by molar-refractivity contribution is 5.53. The molecule has 3 heteroatoms. The minimum atomic E-state index is 0.183. The van der Waals surface area contributed by atoms with E-state index in [1.165, 1.54) is 50.8 Å². The molecule has 0 saturated carbocycles. The molecule has 0 radical (unpaired) electrons. The Hall–Kier alpha value is -1.22. The van der Waals surface area contributed by atoms with Crippen LogP contribution in [0.25, 0.3) is 0 Å². The van der Waals surface area contributed by atoms with Crippen LogP contribution in [0.4, 0.5) is 5.69 Å². The molecule has 1 aromatic rings. The van der Waals surface area contributed by atoms with Gasteiger partial charge in [-0.15, -0.1) is 0 Å². The molecule has 1 aliphatic heterocycles. The van der Waals surface area contributed by atoms with E-state index in [0.717, 1.165) is 12.5 Å². The van der Waals surface area contributed by atoms with Gasteiger partial charge in [0.2, 0.25) is 0 Å². The SMILES string of the molecule is CCCC1CCCN(Cc2ccc(O)c(N)c2)CC1. The second kappa shape index (κ2) is 6.80. The third kappa shape index (κ3) is 4.13. The summed E-state index contributed by atoms with van der Waals surface area (Å²) in [6.45, 7) is 5.59. The highest BCUT2D eigenvalue weighted by Crippen LogP contribution is 2.25. The van der Waals surface area contributed by atoms with Gasteiger partial charge in [-0.05, 0) is 56.0 Å². The molecule has 1 heterocycles. The summed E-state index contributed by atoms with van der Waals surface area (Å²) in [6.07, 6.45) is 6.68. The molecule has 1 aliphatic rings. The van der Waals surface area contributed by atoms with E-state index in [2.05, 4.69) is 11.8 Å². The third-order valence-corrected chi connectivity index (χ3v) is 4.14. The number of phenolic OH excluding ortho intramolecular Hbond substituents is 1. The summed E-state index contributed by atoms with van der Waals surface area (Å²) in [6, 6.07) is 5.56. The first-order valence-corrected chi connectivity index (χ1v) is 7.48. The van der Waals surface area contributed by atoms with Gasteiger partial charge in [0, 0.05) is 6.54 Å². The van der Waals surface area contributed by atoms with Crippen LogP contribution in [-0.2, 0) is 6.54 Å². The van der Waals surface area contributed by atoms with Crippen molar-refractivity contribution in [3.05, 3.63) is 23.8 Å². The average molecular weight is 262 g/mol. The maximum Gasteiger partial charge on any atom is 0.138 e. The molecule has 1 atom stereocenters. The molecule has 1 fully saturated rings. The van der Waals surface area contributed by atoms with Crippen molar-refractivity contribution in [2.24, 2.45) is 5.92 Å². The topological polar surface area (TPSA) is 49.5 Å². The number of hydrogen-bond acceptors (Lipinski definition) is 3. The van der Waals surface area contributed by atoms with Crippen molar-refractivity contribution >= 4 is 5.69 Å². The van der Waals surface area contributed by atoms with E-state index in [4.69, 9.17) is 5.73 Å². The average Bonchev–Trinajstić information content (AvgIpc) is 2.60. The van der Waals surface area contributed by atoms with Crippen molar-refractivity contribution in [3.8, 4) is 5.75 Å². The molecule has 0 amide bonds. The summed E-state index contributed by atoms with van der Waals surface area (Å²) >= 11 is 0. The van der Waals surface area contributed by atoms with E-state index in [0.29, 0.717) is 5.69 Å². The molecule has 19 heavy (non-hydrogen) atoms. The minimum absolute atomic E-state index is 0.183. The molecule has 0 aliphatic carbocycles. The zero-order valence-corrected chi connectivity index (χ0v) is 11.9. The number of rotatable bonds is 4. The van der Waals surface area contributed by atoms with Gasteiger partial charge in [0.15, 0.2) is 0 Å². The van der Waals surface area contributed by atoms with Crippen LogP contribution in [0.15, 0.2) is 18.2 Å². The maximum absolute atomic E-state index is 9.45. The number of nitrogen functional groups attached to an aromatic ring is 1. The smallest absolute Gasteiger partial charge is 0.138 e. The molecule has 0 bridgehead atoms. The number of nitrogens with two attached hydrogens (primary N) is 1. The van der Waals surface area contributed by atoms with E-state index in [1.54, 1.807) is 6.07 Å². The third-order valence-electron chi connectivity index (χ3n) is 4.14. The molecule has 1 saturated heterocycles. The predicted octanol–water partition coefficient (Wildman–Crippen LogP) is 3.38. The van der Waals surface area contributed by atoms with Crippen LogP contribution in [0.1, 0.15) is 44.6 Å². The van der Waals surface area contributed by atoms with Crippen LogP contribution >= 0.6 is 0 Å². The van der Waals surface area contributed by atoms with Crippen LogP contribution in [0, 0.1) is 5.92 Å². The number of aromatic hydroxyl groups is 1. The first-order valence-electron chi connectivity index (χ1n) is 7.48. The monoisotopic (exact) mass is 262 g/mol. The van der Waals surface area contributed by atoms with E-state index in [9.17, 15) is 5.11 Å². The zero-order chi connectivity index (χ0) is 13.7. The summed E-state index contributed by atoms with van der Waals surface area (Å²) in [4.78, 5) is 2.52. The Labute approximate surface area is 116 Å². The summed E-state index contributed by atoms with van der Waals surface area (Å²) < 4.78 is 0. The van der Waals surface area contributed by atoms with Gasteiger partial charge >= 0.3 is 0 Å². The molecule has 0 aromatic heterocycles. The Morgan fingerprint density at radius 2 is 2.16 bits per heavy atom. The van der Waals surface area contributed by atoms with Crippen molar-refractivity contribution in [2.75, 3.05) is 18.8 Å². The lowest BCUT2D eigenvalue weighted by Gasteiger charge is -2.20. The molecular formula is C16H26N2O. The number of phenols is 1. The van der Waals surface area contributed by atoms with Crippen molar-refractivity contribution in [3.63, 3.8) is 0 Å². The first-order chi connectivity index (χ1) is 9.19. The summed E-state index contributed by atoms with van der Waals surface area (Å²) in [5, 5.41) is 9.45. The molecule has 2 rings (SSSR count). The Balaban J connectivity index is 1.90. The van der Waals surface area contributed by atoms with Crippen molar-refractivity contribution in [1.82, 2.24) is 4.90 Å². The molecule has 1 aromatic carbocycles. The van der Waals surface area contributed by atoms with Gasteiger partial charge in [-0.25, -0.2) is 0 Å². The van der Waals surface area contributed by atoms with Crippen LogP contribution in [0.5, 0.6) is 5.75 Å². The lowest BCUT2D eigenvalue weighted by atomic mass is 9.96. The highest BCUT2D eigenvalue weighted by atomic mass is 16.3. The standard InChI is InChI=1S/C16H26N2O/c1-2-4-13-5-3-9-18(10-8-13)12-14-6-7-16(19)15(17)11-14/h6-7,11,13,19H,2-5,8-10,12,17H2,1H3. The van der Waals surface area contributed by atoms with E-state index < -0.39 is 0 Å². The van der Waals surface area contributed by atoms with Crippen LogP contribution < -0.4 is 5.73 Å². The van der Waals surface area contributed by atoms with E-state index >= 15 is 0 Å². The van der Waals surface area contributed by atoms with Gasteiger partial charge in [0.1, 0.15) is 5.75 Å². The summed E-state index contributed by atoms with van der Waals surface area (Å²) in [7, 11) is 0.